The molecule has 0 unspecified atom stereocenters. The van der Waals surface area contributed by atoms with Crippen molar-refractivity contribution >= 4 is 40.2 Å². The number of aryl methyl sites for hydroxylation is 2. The Bertz CT molecular complexity index is 1360. The topological polar surface area (TPSA) is 85.2 Å². The van der Waals surface area contributed by atoms with Gasteiger partial charge in [0.15, 0.2) is 0 Å². The minimum absolute atomic E-state index is 0.00401. The number of aromatic hydroxyl groups is 1. The Morgan fingerprint density at radius 3 is 2.42 bits per heavy atom. The predicted molar refractivity (Wildman–Crippen MR) is 155 cm³/mol. The van der Waals surface area contributed by atoms with E-state index in [2.05, 4.69) is 28.4 Å². The highest BCUT2D eigenvalue weighted by atomic mass is 32.1. The Hall–Kier alpha value is -3.01. The molecule has 0 atom stereocenters. The maximum Gasteiger partial charge on any atom is 0.281 e. The van der Waals surface area contributed by atoms with Gasteiger partial charge in [0.1, 0.15) is 5.75 Å². The molecule has 2 amide bonds. The monoisotopic (exact) mass is 550 g/mol. The van der Waals surface area contributed by atoms with Crippen LogP contribution < -0.4 is 5.43 Å². The molecule has 38 heavy (non-hydrogen) atoms. The lowest BCUT2D eigenvalue weighted by molar-refractivity contribution is 0.0649. The highest BCUT2D eigenvalue weighted by molar-refractivity contribution is 7.16. The van der Waals surface area contributed by atoms with Crippen molar-refractivity contribution in [3.63, 3.8) is 0 Å². The summed E-state index contributed by atoms with van der Waals surface area (Å²) in [6.07, 6.45) is 4.59. The van der Waals surface area contributed by atoms with E-state index in [1.54, 1.807) is 19.1 Å². The number of hydrogen-bond donors (Lipinski definition) is 2. The van der Waals surface area contributed by atoms with Gasteiger partial charge in [-0.1, -0.05) is 18.2 Å². The summed E-state index contributed by atoms with van der Waals surface area (Å²) in [6.45, 7) is 9.75. The number of benzene rings is 1. The summed E-state index contributed by atoms with van der Waals surface area (Å²) in [5, 5.41) is 16.9. The minimum Gasteiger partial charge on any atom is -0.506 e. The molecule has 2 saturated heterocycles. The predicted octanol–water partition coefficient (Wildman–Crippen LogP) is 5.65. The highest BCUT2D eigenvalue weighted by Gasteiger charge is 2.29. The molecule has 5 rings (SSSR count). The van der Waals surface area contributed by atoms with Crippen molar-refractivity contribution < 1.29 is 14.7 Å². The zero-order valence-corrected chi connectivity index (χ0v) is 23.8. The molecule has 2 aliphatic heterocycles. The number of nitrogens with one attached hydrogen (secondary N) is 1. The van der Waals surface area contributed by atoms with Crippen LogP contribution in [0, 0.1) is 13.8 Å². The van der Waals surface area contributed by atoms with E-state index < -0.39 is 0 Å². The molecule has 3 aromatic rings. The van der Waals surface area contributed by atoms with E-state index in [1.165, 1.54) is 54.2 Å². The molecule has 0 bridgehead atoms. The first-order valence-electron chi connectivity index (χ1n) is 13.2. The molecule has 2 aliphatic rings. The van der Waals surface area contributed by atoms with Crippen molar-refractivity contribution in [2.75, 3.05) is 26.2 Å². The number of hydrazone groups is 1. The summed E-state index contributed by atoms with van der Waals surface area (Å²) < 4.78 is 0. The third-order valence-electron chi connectivity index (χ3n) is 7.70. The molecule has 2 N–H and O–H groups in total. The third kappa shape index (κ3) is 5.55. The summed E-state index contributed by atoms with van der Waals surface area (Å²) in [6, 6.07) is 10.1. The fourth-order valence-electron chi connectivity index (χ4n) is 5.22. The van der Waals surface area contributed by atoms with Gasteiger partial charge in [0.25, 0.3) is 11.8 Å². The standard InChI is InChI=1S/C29H34N4O3S2/c1-18-6-7-21(16-19(18)2)27-26(34)23(17-37-27)20(3)30-31-28(35)24-8-9-25(38-24)29(36)33-14-10-22(11-15-33)32-12-4-5-13-32/h6-9,16-17,22,34H,4-5,10-15H2,1-3H3,(H,31,35)/b30-20+. The molecule has 1 aromatic carbocycles. The van der Waals surface area contributed by atoms with E-state index in [4.69, 9.17) is 0 Å². The first kappa shape index (κ1) is 26.6. The van der Waals surface area contributed by atoms with Gasteiger partial charge in [-0.05, 0) is 88.4 Å². The summed E-state index contributed by atoms with van der Waals surface area (Å²) >= 11 is 2.64. The molecule has 7 nitrogen and oxygen atoms in total. The van der Waals surface area contributed by atoms with Gasteiger partial charge in [0.05, 0.1) is 25.9 Å². The van der Waals surface area contributed by atoms with Crippen LogP contribution >= 0.6 is 22.7 Å². The van der Waals surface area contributed by atoms with Gasteiger partial charge in [-0.3, -0.25) is 9.59 Å². The van der Waals surface area contributed by atoms with Gasteiger partial charge in [0, 0.05) is 24.5 Å². The molecule has 9 heteroatoms. The number of carbonyl (C=O) groups is 2. The Morgan fingerprint density at radius 1 is 1.00 bits per heavy atom. The first-order chi connectivity index (χ1) is 18.3. The van der Waals surface area contributed by atoms with E-state index >= 15 is 0 Å². The third-order valence-corrected chi connectivity index (χ3v) is 9.79. The second-order valence-electron chi connectivity index (χ2n) is 10.2. The van der Waals surface area contributed by atoms with E-state index in [9.17, 15) is 14.7 Å². The number of thiophene rings is 2. The van der Waals surface area contributed by atoms with Gasteiger partial charge in [-0.15, -0.1) is 22.7 Å². The van der Waals surface area contributed by atoms with Crippen LogP contribution in [0.15, 0.2) is 40.8 Å². The highest BCUT2D eigenvalue weighted by Crippen LogP contribution is 2.39. The Balaban J connectivity index is 1.19. The number of likely N-dealkylation sites (tertiary alicyclic amines) is 2. The minimum atomic E-state index is -0.370. The van der Waals surface area contributed by atoms with Crippen LogP contribution in [0.3, 0.4) is 0 Å². The number of nitrogens with zero attached hydrogens (tertiary/aromatic N) is 3. The van der Waals surface area contributed by atoms with Crippen LogP contribution in [-0.4, -0.2) is 64.7 Å². The first-order valence-corrected chi connectivity index (χ1v) is 14.9. The van der Waals surface area contributed by atoms with Crippen LogP contribution in [0.4, 0.5) is 0 Å². The molecule has 0 radical (unpaired) electrons. The van der Waals surface area contributed by atoms with Crippen LogP contribution in [-0.2, 0) is 0 Å². The van der Waals surface area contributed by atoms with Crippen LogP contribution in [0.2, 0.25) is 0 Å². The average Bonchev–Trinajstić information content (AvgIpc) is 3.70. The van der Waals surface area contributed by atoms with Crippen molar-refractivity contribution in [2.24, 2.45) is 5.10 Å². The number of rotatable bonds is 6. The maximum atomic E-state index is 13.0. The summed E-state index contributed by atoms with van der Waals surface area (Å²) in [5.41, 5.74) is 6.99. The normalized spacial score (nSPS) is 17.2. The fourth-order valence-corrected chi connectivity index (χ4v) is 7.08. The van der Waals surface area contributed by atoms with Gasteiger partial charge in [-0.2, -0.15) is 5.10 Å². The van der Waals surface area contributed by atoms with Crippen LogP contribution in [0.5, 0.6) is 5.75 Å². The second kappa shape index (κ2) is 11.4. The van der Waals surface area contributed by atoms with Crippen molar-refractivity contribution in [3.8, 4) is 16.2 Å². The van der Waals surface area contributed by atoms with Gasteiger partial charge >= 0.3 is 0 Å². The fraction of sp³-hybridized carbons (Fsp3) is 0.414. The number of hydrogen-bond acceptors (Lipinski definition) is 7. The number of piperidine rings is 1. The molecule has 0 aliphatic carbocycles. The summed E-state index contributed by atoms with van der Waals surface area (Å²) in [7, 11) is 0. The molecule has 0 saturated carbocycles. The molecule has 4 heterocycles. The lowest BCUT2D eigenvalue weighted by Crippen LogP contribution is -2.45. The van der Waals surface area contributed by atoms with Crippen molar-refractivity contribution in [2.45, 2.75) is 52.5 Å². The van der Waals surface area contributed by atoms with Gasteiger partial charge in [-0.25, -0.2) is 5.43 Å². The quantitative estimate of drug-likeness (QED) is 0.307. The average molecular weight is 551 g/mol. The SMILES string of the molecule is C/C(=N\NC(=O)c1ccc(C(=O)N2CCC(N3CCCC3)CC2)s1)c1csc(-c2ccc(C)c(C)c2)c1O. The summed E-state index contributed by atoms with van der Waals surface area (Å²) in [5.74, 6) is -0.216. The summed E-state index contributed by atoms with van der Waals surface area (Å²) in [4.78, 5) is 32.1. The van der Waals surface area contributed by atoms with Crippen LogP contribution in [0.25, 0.3) is 10.4 Å². The smallest absolute Gasteiger partial charge is 0.281 e. The Kier molecular flexibility index (Phi) is 7.97. The van der Waals surface area contributed by atoms with E-state index in [0.717, 1.165) is 41.9 Å². The van der Waals surface area contributed by atoms with Gasteiger partial charge < -0.3 is 14.9 Å². The number of carbonyl (C=O) groups excluding carboxylic acids is 2. The van der Waals surface area contributed by atoms with E-state index in [1.807, 2.05) is 29.3 Å². The molecular weight excluding hydrogens is 516 g/mol. The molecule has 0 spiro atoms. The molecular formula is C29H34N4O3S2. The molecule has 2 fully saturated rings. The number of amides is 2. The maximum absolute atomic E-state index is 13.0. The largest absolute Gasteiger partial charge is 0.506 e. The Morgan fingerprint density at radius 2 is 1.71 bits per heavy atom. The second-order valence-corrected chi connectivity index (χ2v) is 12.2. The van der Waals surface area contributed by atoms with Crippen molar-refractivity contribution in [1.82, 2.24) is 15.2 Å². The van der Waals surface area contributed by atoms with Crippen molar-refractivity contribution in [1.29, 1.82) is 0 Å². The molecule has 2 aromatic heterocycles. The Labute approximate surface area is 231 Å². The lowest BCUT2D eigenvalue weighted by atomic mass is 10.0. The molecule has 200 valence electrons. The zero-order valence-electron chi connectivity index (χ0n) is 22.1. The zero-order chi connectivity index (χ0) is 26.8. The van der Waals surface area contributed by atoms with E-state index in [0.29, 0.717) is 27.1 Å². The van der Waals surface area contributed by atoms with Crippen molar-refractivity contribution in [3.05, 3.63) is 62.2 Å². The van der Waals surface area contributed by atoms with Gasteiger partial charge in [0.2, 0.25) is 0 Å². The van der Waals surface area contributed by atoms with Crippen LogP contribution in [0.1, 0.15) is 68.6 Å². The lowest BCUT2D eigenvalue weighted by Gasteiger charge is -2.36. The van der Waals surface area contributed by atoms with E-state index in [-0.39, 0.29) is 17.6 Å².